The number of ether oxygens (including phenoxy) is 1. The van der Waals surface area contributed by atoms with Crippen molar-refractivity contribution in [1.29, 1.82) is 0 Å². The van der Waals surface area contributed by atoms with Crippen LogP contribution >= 0.6 is 0 Å². The first kappa shape index (κ1) is 14.0. The zero-order valence-corrected chi connectivity index (χ0v) is 11.3. The van der Waals surface area contributed by atoms with Gasteiger partial charge in [0.15, 0.2) is 0 Å². The van der Waals surface area contributed by atoms with E-state index >= 15 is 0 Å². The third-order valence-electron chi connectivity index (χ3n) is 3.13. The van der Waals surface area contributed by atoms with Crippen LogP contribution in [0.1, 0.15) is 18.5 Å². The molecule has 1 aromatic rings. The first-order valence-electron chi connectivity index (χ1n) is 6.66. The fourth-order valence-corrected chi connectivity index (χ4v) is 2.09. The van der Waals surface area contributed by atoms with Gasteiger partial charge in [-0.15, -0.1) is 5.10 Å². The molecule has 0 radical (unpaired) electrons. The molecule has 2 heterocycles. The lowest BCUT2D eigenvalue weighted by Gasteiger charge is -2.14. The highest BCUT2D eigenvalue weighted by molar-refractivity contribution is 5.76. The number of hydrogen-bond donors (Lipinski definition) is 1. The Labute approximate surface area is 112 Å². The minimum atomic E-state index is 0.126. The fraction of sp³-hybridized carbons (Fsp3) is 0.750. The van der Waals surface area contributed by atoms with Crippen LogP contribution in [0.3, 0.4) is 0 Å². The molecule has 1 fully saturated rings. The predicted molar refractivity (Wildman–Crippen MR) is 69.4 cm³/mol. The van der Waals surface area contributed by atoms with Gasteiger partial charge in [-0.2, -0.15) is 0 Å². The molecule has 2 rings (SSSR count). The van der Waals surface area contributed by atoms with Gasteiger partial charge in [0.25, 0.3) is 0 Å². The molecule has 0 aliphatic carbocycles. The van der Waals surface area contributed by atoms with Crippen molar-refractivity contribution in [2.75, 3.05) is 33.4 Å². The van der Waals surface area contributed by atoms with Crippen LogP contribution in [0.25, 0.3) is 0 Å². The molecule has 1 aliphatic heterocycles. The van der Waals surface area contributed by atoms with E-state index in [1.54, 1.807) is 11.8 Å². The maximum atomic E-state index is 11.9. The van der Waals surface area contributed by atoms with Crippen molar-refractivity contribution in [1.82, 2.24) is 25.2 Å². The molecular weight excluding hydrogens is 246 g/mol. The lowest BCUT2D eigenvalue weighted by atomic mass is 10.4. The highest BCUT2D eigenvalue weighted by Crippen LogP contribution is 2.08. The smallest absolute Gasteiger partial charge is 0.244 e. The molecule has 106 valence electrons. The maximum Gasteiger partial charge on any atom is 0.244 e. The second-order valence-electron chi connectivity index (χ2n) is 4.66. The van der Waals surface area contributed by atoms with Gasteiger partial charge in [-0.3, -0.25) is 4.79 Å². The molecule has 0 spiro atoms. The van der Waals surface area contributed by atoms with Crippen molar-refractivity contribution < 1.29 is 9.53 Å². The number of nitrogens with one attached hydrogen (secondary N) is 1. The van der Waals surface area contributed by atoms with E-state index in [1.807, 2.05) is 11.1 Å². The number of carbonyl (C=O) groups excluding carboxylic acids is 1. The summed E-state index contributed by atoms with van der Waals surface area (Å²) in [6.07, 6.45) is 4.03. The molecule has 1 amide bonds. The quantitative estimate of drug-likeness (QED) is 0.683. The van der Waals surface area contributed by atoms with Crippen LogP contribution in [0.15, 0.2) is 6.20 Å². The van der Waals surface area contributed by atoms with E-state index in [0.29, 0.717) is 13.2 Å². The van der Waals surface area contributed by atoms with Crippen LogP contribution in [0.2, 0.25) is 0 Å². The van der Waals surface area contributed by atoms with Crippen LogP contribution in [0.5, 0.6) is 0 Å². The number of carbonyl (C=O) groups is 1. The Morgan fingerprint density at radius 2 is 2.26 bits per heavy atom. The molecule has 0 unspecified atom stereocenters. The van der Waals surface area contributed by atoms with Gasteiger partial charge in [0.2, 0.25) is 5.91 Å². The Morgan fingerprint density at radius 1 is 1.47 bits per heavy atom. The van der Waals surface area contributed by atoms with Gasteiger partial charge in [0.1, 0.15) is 6.54 Å². The molecule has 1 saturated heterocycles. The van der Waals surface area contributed by atoms with Crippen LogP contribution in [-0.2, 0) is 22.6 Å². The molecule has 19 heavy (non-hydrogen) atoms. The SMILES string of the molecule is COCCNCc1cn(CC(=O)N2CCCC2)nn1. The van der Waals surface area contributed by atoms with Gasteiger partial charge in [-0.05, 0) is 12.8 Å². The summed E-state index contributed by atoms with van der Waals surface area (Å²) in [5.41, 5.74) is 0.838. The Kier molecular flexibility index (Phi) is 5.29. The number of hydrogen-bond acceptors (Lipinski definition) is 5. The van der Waals surface area contributed by atoms with Crippen molar-refractivity contribution >= 4 is 5.91 Å². The molecule has 1 N–H and O–H groups in total. The minimum Gasteiger partial charge on any atom is -0.383 e. The van der Waals surface area contributed by atoms with E-state index in [4.69, 9.17) is 4.74 Å². The molecule has 0 aromatic carbocycles. The predicted octanol–water partition coefficient (Wildman–Crippen LogP) is -0.363. The zero-order valence-electron chi connectivity index (χ0n) is 11.3. The summed E-state index contributed by atoms with van der Waals surface area (Å²) in [6, 6.07) is 0. The molecule has 7 nitrogen and oxygen atoms in total. The molecule has 0 bridgehead atoms. The van der Waals surface area contributed by atoms with Gasteiger partial charge in [0, 0.05) is 33.3 Å². The summed E-state index contributed by atoms with van der Waals surface area (Å²) in [5, 5.41) is 11.2. The van der Waals surface area contributed by atoms with Crippen molar-refractivity contribution in [3.05, 3.63) is 11.9 Å². The largest absolute Gasteiger partial charge is 0.383 e. The molecule has 0 saturated carbocycles. The van der Waals surface area contributed by atoms with Crippen molar-refractivity contribution in [3.8, 4) is 0 Å². The average molecular weight is 267 g/mol. The van der Waals surface area contributed by atoms with E-state index in [9.17, 15) is 4.79 Å². The Bertz CT molecular complexity index is 401. The summed E-state index contributed by atoms with van der Waals surface area (Å²) in [7, 11) is 1.67. The monoisotopic (exact) mass is 267 g/mol. The lowest BCUT2D eigenvalue weighted by molar-refractivity contribution is -0.130. The van der Waals surface area contributed by atoms with Crippen molar-refractivity contribution in [2.45, 2.75) is 25.9 Å². The third-order valence-corrected chi connectivity index (χ3v) is 3.13. The van der Waals surface area contributed by atoms with E-state index < -0.39 is 0 Å². The van der Waals surface area contributed by atoms with Crippen LogP contribution in [0.4, 0.5) is 0 Å². The molecule has 1 aromatic heterocycles. The normalized spacial score (nSPS) is 15.1. The lowest BCUT2D eigenvalue weighted by Crippen LogP contribution is -2.31. The number of rotatable bonds is 7. The summed E-state index contributed by atoms with van der Waals surface area (Å²) in [4.78, 5) is 13.8. The molecule has 1 aliphatic rings. The van der Waals surface area contributed by atoms with Crippen LogP contribution in [-0.4, -0.2) is 59.2 Å². The topological polar surface area (TPSA) is 72.3 Å². The van der Waals surface area contributed by atoms with E-state index in [2.05, 4.69) is 15.6 Å². The van der Waals surface area contributed by atoms with Crippen LogP contribution in [0, 0.1) is 0 Å². The Balaban J connectivity index is 1.75. The van der Waals surface area contributed by atoms with E-state index in [1.165, 1.54) is 0 Å². The second kappa shape index (κ2) is 7.20. The highest BCUT2D eigenvalue weighted by atomic mass is 16.5. The number of methoxy groups -OCH3 is 1. The van der Waals surface area contributed by atoms with E-state index in [0.717, 1.165) is 38.2 Å². The fourth-order valence-electron chi connectivity index (χ4n) is 2.09. The van der Waals surface area contributed by atoms with Crippen LogP contribution < -0.4 is 5.32 Å². The van der Waals surface area contributed by atoms with Crippen molar-refractivity contribution in [3.63, 3.8) is 0 Å². The first-order chi connectivity index (χ1) is 9.29. The summed E-state index contributed by atoms with van der Waals surface area (Å²) < 4.78 is 6.55. The molecule has 7 heteroatoms. The number of likely N-dealkylation sites (tertiary alicyclic amines) is 1. The number of amides is 1. The van der Waals surface area contributed by atoms with Gasteiger partial charge < -0.3 is 15.0 Å². The number of nitrogens with zero attached hydrogens (tertiary/aromatic N) is 4. The Hall–Kier alpha value is -1.47. The minimum absolute atomic E-state index is 0.126. The third kappa shape index (κ3) is 4.29. The maximum absolute atomic E-state index is 11.9. The van der Waals surface area contributed by atoms with Gasteiger partial charge in [0.05, 0.1) is 18.5 Å². The van der Waals surface area contributed by atoms with E-state index in [-0.39, 0.29) is 12.5 Å². The van der Waals surface area contributed by atoms with Gasteiger partial charge in [-0.1, -0.05) is 5.21 Å². The van der Waals surface area contributed by atoms with Crippen molar-refractivity contribution in [2.24, 2.45) is 0 Å². The number of aromatic nitrogens is 3. The second-order valence-corrected chi connectivity index (χ2v) is 4.66. The summed E-state index contributed by atoms with van der Waals surface area (Å²) in [5.74, 6) is 0.126. The molecule has 0 atom stereocenters. The zero-order chi connectivity index (χ0) is 13.5. The first-order valence-corrected chi connectivity index (χ1v) is 6.66. The molecular formula is C12H21N5O2. The summed E-state index contributed by atoms with van der Waals surface area (Å²) in [6.45, 7) is 4.11. The highest BCUT2D eigenvalue weighted by Gasteiger charge is 2.18. The summed E-state index contributed by atoms with van der Waals surface area (Å²) >= 11 is 0. The average Bonchev–Trinajstić information content (AvgIpc) is 3.06. The Morgan fingerprint density at radius 3 is 3.00 bits per heavy atom. The van der Waals surface area contributed by atoms with Gasteiger partial charge in [-0.25, -0.2) is 4.68 Å². The van der Waals surface area contributed by atoms with Gasteiger partial charge >= 0.3 is 0 Å². The standard InChI is InChI=1S/C12H21N5O2/c1-19-7-4-13-8-11-9-17(15-14-11)10-12(18)16-5-2-3-6-16/h9,13H,2-8,10H2,1H3.